The maximum Gasteiger partial charge on any atom is 0.410 e. The van der Waals surface area contributed by atoms with Crippen LogP contribution in [0.4, 0.5) is 9.80 Å². The van der Waals surface area contributed by atoms with Crippen molar-refractivity contribution in [3.05, 3.63) is 82.0 Å². The van der Waals surface area contributed by atoms with Crippen LogP contribution in [0.15, 0.2) is 54.7 Å². The highest BCUT2D eigenvalue weighted by molar-refractivity contribution is 7.16. The summed E-state index contributed by atoms with van der Waals surface area (Å²) in [4.78, 5) is 31.7. The van der Waals surface area contributed by atoms with E-state index in [4.69, 9.17) is 9.47 Å². The SMILES string of the molecule is CCOc1ccccc1/C=C/C(=O)Nc1sc2c(c1C#N)CCN(C(=O)OCc1ccccn1)C2. The topological polar surface area (TPSA) is 105 Å². The number of anilines is 1. The van der Waals surface area contributed by atoms with E-state index in [1.165, 1.54) is 17.4 Å². The van der Waals surface area contributed by atoms with Gasteiger partial charge in [-0.3, -0.25) is 9.78 Å². The van der Waals surface area contributed by atoms with Crippen LogP contribution < -0.4 is 10.1 Å². The van der Waals surface area contributed by atoms with Crippen molar-refractivity contribution in [2.24, 2.45) is 0 Å². The van der Waals surface area contributed by atoms with Gasteiger partial charge < -0.3 is 19.7 Å². The highest BCUT2D eigenvalue weighted by atomic mass is 32.1. The zero-order chi connectivity index (χ0) is 24.6. The van der Waals surface area contributed by atoms with E-state index >= 15 is 0 Å². The van der Waals surface area contributed by atoms with Crippen molar-refractivity contribution < 1.29 is 19.1 Å². The Morgan fingerprint density at radius 2 is 2.09 bits per heavy atom. The van der Waals surface area contributed by atoms with Crippen molar-refractivity contribution in [1.82, 2.24) is 9.88 Å². The molecule has 2 amide bonds. The minimum Gasteiger partial charge on any atom is -0.493 e. The van der Waals surface area contributed by atoms with Crippen LogP contribution in [0.3, 0.4) is 0 Å². The van der Waals surface area contributed by atoms with Gasteiger partial charge in [0.15, 0.2) is 0 Å². The van der Waals surface area contributed by atoms with Crippen molar-refractivity contribution in [1.29, 1.82) is 5.26 Å². The second-order valence-electron chi connectivity index (χ2n) is 7.66. The average Bonchev–Trinajstić information content (AvgIpc) is 3.23. The first-order valence-corrected chi connectivity index (χ1v) is 12.0. The van der Waals surface area contributed by atoms with E-state index in [1.54, 1.807) is 29.3 Å². The number of hydrogen-bond acceptors (Lipinski definition) is 7. The number of carbonyl (C=O) groups excluding carboxylic acids is 2. The Bertz CT molecular complexity index is 1280. The normalized spacial score (nSPS) is 12.6. The Balaban J connectivity index is 1.41. The molecule has 1 N–H and O–H groups in total. The van der Waals surface area contributed by atoms with E-state index in [1.807, 2.05) is 37.3 Å². The molecule has 35 heavy (non-hydrogen) atoms. The number of aromatic nitrogens is 1. The number of fused-ring (bicyclic) bond motifs is 1. The van der Waals surface area contributed by atoms with Crippen LogP contribution in [-0.2, 0) is 29.1 Å². The Morgan fingerprint density at radius 1 is 1.26 bits per heavy atom. The predicted molar refractivity (Wildman–Crippen MR) is 133 cm³/mol. The fraction of sp³-hybridized carbons (Fsp3) is 0.231. The smallest absolute Gasteiger partial charge is 0.410 e. The molecule has 3 aromatic rings. The van der Waals surface area contributed by atoms with Gasteiger partial charge in [0, 0.05) is 29.3 Å². The number of hydrogen-bond donors (Lipinski definition) is 1. The van der Waals surface area contributed by atoms with Crippen LogP contribution in [0.5, 0.6) is 5.75 Å². The van der Waals surface area contributed by atoms with Gasteiger partial charge in [-0.15, -0.1) is 11.3 Å². The molecular formula is C26H24N4O4S. The minimum absolute atomic E-state index is 0.0942. The highest BCUT2D eigenvalue weighted by Crippen LogP contribution is 2.37. The number of thiophene rings is 1. The third kappa shape index (κ3) is 5.86. The molecule has 1 aliphatic heterocycles. The summed E-state index contributed by atoms with van der Waals surface area (Å²) >= 11 is 1.31. The standard InChI is InChI=1S/C26H24N4O4S/c1-2-33-22-9-4-3-7-18(22)10-11-24(31)29-25-21(15-27)20-12-14-30(16-23(20)35-25)26(32)34-17-19-8-5-6-13-28-19/h3-11,13H,2,12,14,16-17H2,1H3,(H,29,31)/b11-10+. The second-order valence-corrected chi connectivity index (χ2v) is 8.77. The minimum atomic E-state index is -0.435. The zero-order valence-corrected chi connectivity index (χ0v) is 20.0. The molecule has 178 valence electrons. The second kappa shape index (κ2) is 11.3. The molecule has 0 saturated heterocycles. The van der Waals surface area contributed by atoms with Crippen LogP contribution in [0.25, 0.3) is 6.08 Å². The molecule has 1 aromatic carbocycles. The molecule has 8 nitrogen and oxygen atoms in total. The number of ether oxygens (including phenoxy) is 2. The summed E-state index contributed by atoms with van der Waals surface area (Å²) in [6.45, 7) is 3.27. The monoisotopic (exact) mass is 488 g/mol. The number of para-hydroxylation sites is 1. The summed E-state index contributed by atoms with van der Waals surface area (Å²) in [6.07, 6.45) is 4.82. The van der Waals surface area contributed by atoms with Crippen molar-refractivity contribution in [2.75, 3.05) is 18.5 Å². The first-order valence-electron chi connectivity index (χ1n) is 11.2. The lowest BCUT2D eigenvalue weighted by molar-refractivity contribution is -0.111. The van der Waals surface area contributed by atoms with Crippen molar-refractivity contribution in [3.8, 4) is 11.8 Å². The van der Waals surface area contributed by atoms with Crippen LogP contribution in [0, 0.1) is 11.3 Å². The largest absolute Gasteiger partial charge is 0.493 e. The molecule has 0 atom stereocenters. The number of carbonyl (C=O) groups is 2. The summed E-state index contributed by atoms with van der Waals surface area (Å²) in [6, 6.07) is 15.1. The van der Waals surface area contributed by atoms with E-state index in [2.05, 4.69) is 16.4 Å². The summed E-state index contributed by atoms with van der Waals surface area (Å²) in [5.41, 5.74) is 2.77. The molecule has 0 fully saturated rings. The fourth-order valence-corrected chi connectivity index (χ4v) is 4.92. The first kappa shape index (κ1) is 24.0. The number of pyridine rings is 1. The summed E-state index contributed by atoms with van der Waals surface area (Å²) in [7, 11) is 0. The van der Waals surface area contributed by atoms with Gasteiger partial charge in [-0.05, 0) is 43.2 Å². The van der Waals surface area contributed by atoms with Gasteiger partial charge in [0.05, 0.1) is 24.4 Å². The van der Waals surface area contributed by atoms with Gasteiger partial charge in [-0.25, -0.2) is 4.79 Å². The van der Waals surface area contributed by atoms with E-state index in [9.17, 15) is 14.9 Å². The quantitative estimate of drug-likeness (QED) is 0.481. The molecule has 9 heteroatoms. The fourth-order valence-electron chi connectivity index (χ4n) is 3.70. The number of amides is 2. The molecule has 4 rings (SSSR count). The zero-order valence-electron chi connectivity index (χ0n) is 19.2. The van der Waals surface area contributed by atoms with Crippen LogP contribution >= 0.6 is 11.3 Å². The number of nitrogens with one attached hydrogen (secondary N) is 1. The summed E-state index contributed by atoms with van der Waals surface area (Å²) in [5, 5.41) is 13.0. The van der Waals surface area contributed by atoms with Gasteiger partial charge in [0.25, 0.3) is 0 Å². The lowest BCUT2D eigenvalue weighted by Gasteiger charge is -2.26. The number of benzene rings is 1. The molecule has 0 spiro atoms. The Hall–Kier alpha value is -4.16. The van der Waals surface area contributed by atoms with E-state index in [0.29, 0.717) is 48.1 Å². The van der Waals surface area contributed by atoms with Gasteiger partial charge in [-0.1, -0.05) is 24.3 Å². The molecule has 1 aliphatic rings. The van der Waals surface area contributed by atoms with Gasteiger partial charge in [-0.2, -0.15) is 5.26 Å². The van der Waals surface area contributed by atoms with Crippen LogP contribution in [0.2, 0.25) is 0 Å². The third-order valence-corrected chi connectivity index (χ3v) is 6.50. The van der Waals surface area contributed by atoms with Crippen LogP contribution in [0.1, 0.15) is 34.2 Å². The lowest BCUT2D eigenvalue weighted by atomic mass is 10.0. The molecule has 0 radical (unpaired) electrons. The number of nitriles is 1. The Morgan fingerprint density at radius 3 is 2.86 bits per heavy atom. The van der Waals surface area contributed by atoms with E-state index in [-0.39, 0.29) is 12.5 Å². The predicted octanol–water partition coefficient (Wildman–Crippen LogP) is 4.76. The third-order valence-electron chi connectivity index (χ3n) is 5.37. The summed E-state index contributed by atoms with van der Waals surface area (Å²) in [5.74, 6) is 0.344. The van der Waals surface area contributed by atoms with Crippen molar-refractivity contribution in [3.63, 3.8) is 0 Å². The Labute approximate surface area is 207 Å². The van der Waals surface area contributed by atoms with Gasteiger partial charge in [0.1, 0.15) is 23.4 Å². The molecular weight excluding hydrogens is 464 g/mol. The Kier molecular flexibility index (Phi) is 7.75. The molecule has 0 bridgehead atoms. The molecule has 0 saturated carbocycles. The highest BCUT2D eigenvalue weighted by Gasteiger charge is 2.28. The number of nitrogens with zero attached hydrogens (tertiary/aromatic N) is 3. The van der Waals surface area contributed by atoms with E-state index < -0.39 is 6.09 Å². The molecule has 0 aliphatic carbocycles. The molecule has 3 heterocycles. The lowest BCUT2D eigenvalue weighted by Crippen LogP contribution is -2.35. The van der Waals surface area contributed by atoms with Crippen LogP contribution in [-0.4, -0.2) is 35.0 Å². The van der Waals surface area contributed by atoms with Gasteiger partial charge in [0.2, 0.25) is 5.91 Å². The first-order chi connectivity index (χ1) is 17.1. The van der Waals surface area contributed by atoms with Gasteiger partial charge >= 0.3 is 6.09 Å². The average molecular weight is 489 g/mol. The maximum atomic E-state index is 12.6. The number of rotatable bonds is 7. The van der Waals surface area contributed by atoms with Crippen molar-refractivity contribution >= 4 is 34.4 Å². The van der Waals surface area contributed by atoms with Crippen molar-refractivity contribution in [2.45, 2.75) is 26.5 Å². The maximum absolute atomic E-state index is 12.6. The summed E-state index contributed by atoms with van der Waals surface area (Å²) < 4.78 is 11.0. The molecule has 0 unspecified atom stereocenters. The molecule has 2 aromatic heterocycles. The van der Waals surface area contributed by atoms with E-state index in [0.717, 1.165) is 16.0 Å².